The van der Waals surface area contributed by atoms with E-state index in [0.29, 0.717) is 5.41 Å². The van der Waals surface area contributed by atoms with Gasteiger partial charge in [0, 0.05) is 5.33 Å². The molecule has 2 heteroatoms. The molecule has 0 heterocycles. The molecule has 1 aromatic rings. The highest BCUT2D eigenvalue weighted by Gasteiger charge is 2.48. The monoisotopic (exact) mass is 256 g/mol. The Morgan fingerprint density at radius 2 is 2.07 bits per heavy atom. The zero-order chi connectivity index (χ0) is 10.2. The number of alkyl halides is 1. The van der Waals surface area contributed by atoms with Crippen molar-refractivity contribution in [3.05, 3.63) is 35.6 Å². The molecule has 76 valence electrons. The molecule has 0 amide bonds. The third-order valence-corrected chi connectivity index (χ3v) is 4.03. The molecule has 1 aliphatic rings. The van der Waals surface area contributed by atoms with Crippen LogP contribution in [0, 0.1) is 17.2 Å². The lowest BCUT2D eigenvalue weighted by Gasteiger charge is -2.09. The predicted molar refractivity (Wildman–Crippen MR) is 60.1 cm³/mol. The Morgan fingerprint density at radius 3 is 2.57 bits per heavy atom. The van der Waals surface area contributed by atoms with Crippen LogP contribution < -0.4 is 0 Å². The van der Waals surface area contributed by atoms with Crippen LogP contribution in [-0.4, -0.2) is 5.33 Å². The van der Waals surface area contributed by atoms with E-state index in [4.69, 9.17) is 0 Å². The molecule has 0 saturated heterocycles. The number of hydrogen-bond donors (Lipinski definition) is 0. The van der Waals surface area contributed by atoms with E-state index in [9.17, 15) is 4.39 Å². The molecule has 0 aromatic heterocycles. The first-order chi connectivity index (χ1) is 6.64. The average Bonchev–Trinajstić information content (AvgIpc) is 2.81. The minimum absolute atomic E-state index is 0.147. The zero-order valence-electron chi connectivity index (χ0n) is 8.26. The lowest BCUT2D eigenvalue weighted by molar-refractivity contribution is 0.521. The summed E-state index contributed by atoms with van der Waals surface area (Å²) < 4.78 is 12.7. The Kier molecular flexibility index (Phi) is 2.65. The van der Waals surface area contributed by atoms with Gasteiger partial charge in [-0.15, -0.1) is 0 Å². The molecule has 2 atom stereocenters. The minimum Gasteiger partial charge on any atom is -0.207 e. The molecule has 1 aliphatic carbocycles. The van der Waals surface area contributed by atoms with Crippen molar-refractivity contribution in [2.45, 2.75) is 19.8 Å². The van der Waals surface area contributed by atoms with E-state index in [-0.39, 0.29) is 5.82 Å². The number of halogens is 2. The molecule has 0 spiro atoms. The van der Waals surface area contributed by atoms with Gasteiger partial charge in [0.25, 0.3) is 0 Å². The summed E-state index contributed by atoms with van der Waals surface area (Å²) in [6.45, 7) is 2.31. The summed E-state index contributed by atoms with van der Waals surface area (Å²) >= 11 is 3.52. The first-order valence-corrected chi connectivity index (χ1v) is 6.06. The van der Waals surface area contributed by atoms with Crippen LogP contribution in [0.2, 0.25) is 0 Å². The van der Waals surface area contributed by atoms with Gasteiger partial charge in [0.15, 0.2) is 0 Å². The fourth-order valence-electron chi connectivity index (χ4n) is 2.03. The lowest BCUT2D eigenvalue weighted by atomic mass is 9.96. The van der Waals surface area contributed by atoms with E-state index in [1.807, 2.05) is 12.1 Å². The van der Waals surface area contributed by atoms with Gasteiger partial charge in [-0.25, -0.2) is 4.39 Å². The van der Waals surface area contributed by atoms with Gasteiger partial charge in [0.05, 0.1) is 0 Å². The van der Waals surface area contributed by atoms with Crippen LogP contribution in [0.1, 0.15) is 18.9 Å². The van der Waals surface area contributed by atoms with Crippen LogP contribution in [0.25, 0.3) is 0 Å². The molecular formula is C12H14BrF. The van der Waals surface area contributed by atoms with Crippen molar-refractivity contribution >= 4 is 15.9 Å². The summed E-state index contributed by atoms with van der Waals surface area (Å²) in [6.07, 6.45) is 2.36. The standard InChI is InChI=1S/C12H14BrF/c1-12(7-10(12)8-13)6-9-2-4-11(14)5-3-9/h2-5,10H,6-8H2,1H3. The fourth-order valence-corrected chi connectivity index (χ4v) is 3.04. The molecule has 0 nitrogen and oxygen atoms in total. The van der Waals surface area contributed by atoms with Gasteiger partial charge < -0.3 is 0 Å². The minimum atomic E-state index is -0.147. The maximum Gasteiger partial charge on any atom is 0.123 e. The Balaban J connectivity index is 2.02. The smallest absolute Gasteiger partial charge is 0.123 e. The highest BCUT2D eigenvalue weighted by molar-refractivity contribution is 9.09. The van der Waals surface area contributed by atoms with Gasteiger partial charge in [-0.2, -0.15) is 0 Å². The van der Waals surface area contributed by atoms with Gasteiger partial charge in [-0.3, -0.25) is 0 Å². The van der Waals surface area contributed by atoms with Gasteiger partial charge in [0.2, 0.25) is 0 Å². The average molecular weight is 257 g/mol. The topological polar surface area (TPSA) is 0 Å². The fraction of sp³-hybridized carbons (Fsp3) is 0.500. The molecule has 14 heavy (non-hydrogen) atoms. The zero-order valence-corrected chi connectivity index (χ0v) is 9.85. The van der Waals surface area contributed by atoms with E-state index >= 15 is 0 Å². The van der Waals surface area contributed by atoms with E-state index < -0.39 is 0 Å². The maximum absolute atomic E-state index is 12.7. The summed E-state index contributed by atoms with van der Waals surface area (Å²) in [5.41, 5.74) is 1.69. The van der Waals surface area contributed by atoms with Crippen molar-refractivity contribution in [3.63, 3.8) is 0 Å². The second kappa shape index (κ2) is 3.65. The van der Waals surface area contributed by atoms with Crippen LogP contribution in [-0.2, 0) is 6.42 Å². The molecule has 1 aromatic carbocycles. The Hall–Kier alpha value is -0.370. The highest BCUT2D eigenvalue weighted by atomic mass is 79.9. The molecule has 2 unspecified atom stereocenters. The van der Waals surface area contributed by atoms with E-state index in [1.54, 1.807) is 12.1 Å². The molecule has 1 saturated carbocycles. The summed E-state index contributed by atoms with van der Waals surface area (Å²) in [6, 6.07) is 6.88. The van der Waals surface area contributed by atoms with Crippen molar-refractivity contribution in [1.29, 1.82) is 0 Å². The largest absolute Gasteiger partial charge is 0.207 e. The summed E-state index contributed by atoms with van der Waals surface area (Å²) in [5.74, 6) is 0.652. The first kappa shape index (κ1) is 10.2. The highest BCUT2D eigenvalue weighted by Crippen LogP contribution is 2.55. The molecule has 1 fully saturated rings. The second-order valence-electron chi connectivity index (χ2n) is 4.51. The first-order valence-electron chi connectivity index (χ1n) is 4.94. The van der Waals surface area contributed by atoms with E-state index in [0.717, 1.165) is 17.7 Å². The van der Waals surface area contributed by atoms with Crippen LogP contribution in [0.15, 0.2) is 24.3 Å². The summed E-state index contributed by atoms with van der Waals surface area (Å²) in [5, 5.41) is 1.09. The predicted octanol–water partition coefficient (Wildman–Crippen LogP) is 3.79. The Labute approximate surface area is 92.6 Å². The van der Waals surface area contributed by atoms with Gasteiger partial charge in [0.1, 0.15) is 5.82 Å². The van der Waals surface area contributed by atoms with Crippen LogP contribution in [0.4, 0.5) is 4.39 Å². The molecule has 2 rings (SSSR count). The third-order valence-electron chi connectivity index (χ3n) is 3.25. The number of hydrogen-bond acceptors (Lipinski definition) is 0. The molecule has 0 radical (unpaired) electrons. The van der Waals surface area contributed by atoms with Crippen LogP contribution in [0.5, 0.6) is 0 Å². The Morgan fingerprint density at radius 1 is 1.43 bits per heavy atom. The van der Waals surface area contributed by atoms with Gasteiger partial charge in [-0.05, 0) is 41.9 Å². The Bertz CT molecular complexity index is 320. The van der Waals surface area contributed by atoms with Crippen molar-refractivity contribution in [2.75, 3.05) is 5.33 Å². The SMILES string of the molecule is CC1(Cc2ccc(F)cc2)CC1CBr. The molecule has 0 aliphatic heterocycles. The third kappa shape index (κ3) is 2.00. The van der Waals surface area contributed by atoms with E-state index in [1.165, 1.54) is 12.0 Å². The quantitative estimate of drug-likeness (QED) is 0.723. The normalized spacial score (nSPS) is 30.4. The van der Waals surface area contributed by atoms with Crippen molar-refractivity contribution in [2.24, 2.45) is 11.3 Å². The van der Waals surface area contributed by atoms with E-state index in [2.05, 4.69) is 22.9 Å². The summed E-state index contributed by atoms with van der Waals surface area (Å²) in [7, 11) is 0. The van der Waals surface area contributed by atoms with Crippen LogP contribution >= 0.6 is 15.9 Å². The molecule has 0 N–H and O–H groups in total. The van der Waals surface area contributed by atoms with Crippen molar-refractivity contribution < 1.29 is 4.39 Å². The number of benzene rings is 1. The molecule has 0 bridgehead atoms. The lowest BCUT2D eigenvalue weighted by Crippen LogP contribution is -2.03. The van der Waals surface area contributed by atoms with Crippen molar-refractivity contribution in [1.82, 2.24) is 0 Å². The maximum atomic E-state index is 12.7. The van der Waals surface area contributed by atoms with Gasteiger partial charge >= 0.3 is 0 Å². The van der Waals surface area contributed by atoms with Crippen LogP contribution in [0.3, 0.4) is 0 Å². The summed E-state index contributed by atoms with van der Waals surface area (Å²) in [4.78, 5) is 0. The van der Waals surface area contributed by atoms with Crippen molar-refractivity contribution in [3.8, 4) is 0 Å². The second-order valence-corrected chi connectivity index (χ2v) is 5.16. The number of rotatable bonds is 3. The van der Waals surface area contributed by atoms with Gasteiger partial charge in [-0.1, -0.05) is 35.0 Å². The molecular weight excluding hydrogens is 243 g/mol.